The SMILES string of the molecule is C#CC(CCC)NC(CN)c1cc(Cl)cs1. The third-order valence-corrected chi connectivity index (χ3v) is 3.74. The Morgan fingerprint density at radius 3 is 2.88 bits per heavy atom. The molecule has 0 saturated heterocycles. The zero-order valence-electron chi connectivity index (χ0n) is 9.37. The van der Waals surface area contributed by atoms with Crippen molar-refractivity contribution in [1.29, 1.82) is 0 Å². The zero-order chi connectivity index (χ0) is 12.0. The molecule has 0 spiro atoms. The van der Waals surface area contributed by atoms with Crippen molar-refractivity contribution in [3.8, 4) is 12.3 Å². The Balaban J connectivity index is 2.65. The molecule has 1 aromatic heterocycles. The van der Waals surface area contributed by atoms with Gasteiger partial charge in [-0.15, -0.1) is 17.8 Å². The predicted molar refractivity (Wildman–Crippen MR) is 71.8 cm³/mol. The van der Waals surface area contributed by atoms with E-state index in [1.54, 1.807) is 11.3 Å². The van der Waals surface area contributed by atoms with Crippen LogP contribution in [0.15, 0.2) is 11.4 Å². The molecule has 0 aromatic carbocycles. The Bertz CT molecular complexity index is 356. The Kier molecular flexibility index (Phi) is 5.86. The molecule has 1 rings (SSSR count). The van der Waals surface area contributed by atoms with Gasteiger partial charge in [0.2, 0.25) is 0 Å². The van der Waals surface area contributed by atoms with E-state index in [0.29, 0.717) is 6.54 Å². The van der Waals surface area contributed by atoms with Crippen LogP contribution in [-0.2, 0) is 0 Å². The molecule has 88 valence electrons. The molecule has 0 aliphatic carbocycles. The fourth-order valence-corrected chi connectivity index (χ4v) is 2.68. The molecule has 2 atom stereocenters. The minimum Gasteiger partial charge on any atom is -0.329 e. The van der Waals surface area contributed by atoms with Crippen LogP contribution < -0.4 is 11.1 Å². The first-order valence-electron chi connectivity index (χ1n) is 5.37. The number of thiophene rings is 1. The Morgan fingerprint density at radius 2 is 2.44 bits per heavy atom. The lowest BCUT2D eigenvalue weighted by molar-refractivity contribution is 0.480. The van der Waals surface area contributed by atoms with Crippen molar-refractivity contribution in [3.63, 3.8) is 0 Å². The van der Waals surface area contributed by atoms with Gasteiger partial charge >= 0.3 is 0 Å². The summed E-state index contributed by atoms with van der Waals surface area (Å²) >= 11 is 7.50. The standard InChI is InChI=1S/C12H17ClN2S/c1-3-5-10(4-2)15-11(7-14)12-6-9(13)8-16-12/h2,6,8,10-11,15H,3,5,7,14H2,1H3. The van der Waals surface area contributed by atoms with Gasteiger partial charge in [-0.3, -0.25) is 5.32 Å². The highest BCUT2D eigenvalue weighted by atomic mass is 35.5. The largest absolute Gasteiger partial charge is 0.329 e. The van der Waals surface area contributed by atoms with E-state index >= 15 is 0 Å². The van der Waals surface area contributed by atoms with Gasteiger partial charge in [-0.25, -0.2) is 0 Å². The van der Waals surface area contributed by atoms with Gasteiger partial charge in [-0.1, -0.05) is 30.9 Å². The molecule has 0 fully saturated rings. The second kappa shape index (κ2) is 6.93. The van der Waals surface area contributed by atoms with Crippen LogP contribution in [0.5, 0.6) is 0 Å². The smallest absolute Gasteiger partial charge is 0.0692 e. The molecular formula is C12H17ClN2S. The third kappa shape index (κ3) is 3.80. The maximum absolute atomic E-state index is 5.89. The van der Waals surface area contributed by atoms with Crippen molar-refractivity contribution in [3.05, 3.63) is 21.3 Å². The molecular weight excluding hydrogens is 240 g/mol. The highest BCUT2D eigenvalue weighted by Crippen LogP contribution is 2.25. The molecule has 2 unspecified atom stereocenters. The van der Waals surface area contributed by atoms with E-state index in [0.717, 1.165) is 22.7 Å². The van der Waals surface area contributed by atoms with Crippen LogP contribution in [0, 0.1) is 12.3 Å². The number of nitrogens with two attached hydrogens (primary N) is 1. The lowest BCUT2D eigenvalue weighted by Crippen LogP contribution is -2.35. The van der Waals surface area contributed by atoms with E-state index in [1.165, 1.54) is 0 Å². The van der Waals surface area contributed by atoms with Crippen molar-refractivity contribution >= 4 is 22.9 Å². The molecule has 0 aliphatic rings. The number of halogens is 1. The first-order valence-corrected chi connectivity index (χ1v) is 6.63. The molecule has 2 nitrogen and oxygen atoms in total. The second-order valence-electron chi connectivity index (χ2n) is 3.63. The van der Waals surface area contributed by atoms with E-state index in [9.17, 15) is 0 Å². The molecule has 3 N–H and O–H groups in total. The normalized spacial score (nSPS) is 14.4. The van der Waals surface area contributed by atoms with Gasteiger partial charge in [0.25, 0.3) is 0 Å². The number of nitrogens with one attached hydrogen (secondary N) is 1. The Hall–Kier alpha value is -0.530. The van der Waals surface area contributed by atoms with Gasteiger partial charge in [-0.05, 0) is 12.5 Å². The number of hydrogen-bond acceptors (Lipinski definition) is 3. The summed E-state index contributed by atoms with van der Waals surface area (Å²) in [4.78, 5) is 1.14. The van der Waals surface area contributed by atoms with Gasteiger partial charge in [0.15, 0.2) is 0 Å². The number of rotatable bonds is 6. The van der Waals surface area contributed by atoms with E-state index in [4.69, 9.17) is 23.8 Å². The van der Waals surface area contributed by atoms with Gasteiger partial charge < -0.3 is 5.73 Å². The summed E-state index contributed by atoms with van der Waals surface area (Å²) in [5.41, 5.74) is 5.75. The molecule has 4 heteroatoms. The van der Waals surface area contributed by atoms with Crippen LogP contribution in [0.2, 0.25) is 5.02 Å². The van der Waals surface area contributed by atoms with Crippen molar-refractivity contribution in [2.45, 2.75) is 31.8 Å². The van der Waals surface area contributed by atoms with Crippen LogP contribution >= 0.6 is 22.9 Å². The monoisotopic (exact) mass is 256 g/mol. The fourth-order valence-electron chi connectivity index (χ4n) is 1.52. The van der Waals surface area contributed by atoms with E-state index in [2.05, 4.69) is 18.2 Å². The van der Waals surface area contributed by atoms with Crippen molar-refractivity contribution < 1.29 is 0 Å². The van der Waals surface area contributed by atoms with E-state index in [1.807, 2.05) is 11.4 Å². The van der Waals surface area contributed by atoms with Crippen molar-refractivity contribution in [2.75, 3.05) is 6.54 Å². The molecule has 0 amide bonds. The Labute approximate surface area is 106 Å². The molecule has 1 heterocycles. The summed E-state index contributed by atoms with van der Waals surface area (Å²) in [6.45, 7) is 2.64. The van der Waals surface area contributed by atoms with Crippen LogP contribution in [0.1, 0.15) is 30.7 Å². The van der Waals surface area contributed by atoms with Crippen LogP contribution in [0.3, 0.4) is 0 Å². The minimum absolute atomic E-state index is 0.0828. The predicted octanol–water partition coefficient (Wildman–Crippen LogP) is 2.79. The lowest BCUT2D eigenvalue weighted by Gasteiger charge is -2.20. The minimum atomic E-state index is 0.0828. The highest BCUT2D eigenvalue weighted by molar-refractivity contribution is 7.10. The average molecular weight is 257 g/mol. The first kappa shape index (κ1) is 13.5. The summed E-state index contributed by atoms with van der Waals surface area (Å²) in [5.74, 6) is 2.75. The van der Waals surface area contributed by atoms with Gasteiger partial charge in [0, 0.05) is 16.8 Å². The maximum atomic E-state index is 5.89. The van der Waals surface area contributed by atoms with Crippen LogP contribution in [-0.4, -0.2) is 12.6 Å². The number of terminal acetylenes is 1. The molecule has 0 bridgehead atoms. The van der Waals surface area contributed by atoms with Crippen molar-refractivity contribution in [1.82, 2.24) is 5.32 Å². The number of hydrogen-bond donors (Lipinski definition) is 2. The quantitative estimate of drug-likeness (QED) is 0.769. The summed E-state index contributed by atoms with van der Waals surface area (Å²) < 4.78 is 0. The lowest BCUT2D eigenvalue weighted by atomic mass is 10.1. The maximum Gasteiger partial charge on any atom is 0.0692 e. The van der Waals surface area contributed by atoms with Gasteiger partial charge in [-0.2, -0.15) is 0 Å². The fraction of sp³-hybridized carbons (Fsp3) is 0.500. The summed E-state index contributed by atoms with van der Waals surface area (Å²) in [6, 6.07) is 2.13. The summed E-state index contributed by atoms with van der Waals surface area (Å²) in [6.07, 6.45) is 7.49. The Morgan fingerprint density at radius 1 is 1.69 bits per heavy atom. The molecule has 0 saturated carbocycles. The zero-order valence-corrected chi connectivity index (χ0v) is 10.9. The summed E-state index contributed by atoms with van der Waals surface area (Å²) in [5, 5.41) is 6.04. The van der Waals surface area contributed by atoms with E-state index in [-0.39, 0.29) is 12.1 Å². The second-order valence-corrected chi connectivity index (χ2v) is 5.01. The molecule has 0 aliphatic heterocycles. The third-order valence-electron chi connectivity index (χ3n) is 2.35. The molecule has 1 aromatic rings. The van der Waals surface area contributed by atoms with Crippen molar-refractivity contribution in [2.24, 2.45) is 5.73 Å². The summed E-state index contributed by atoms with van der Waals surface area (Å²) in [7, 11) is 0. The average Bonchev–Trinajstić information content (AvgIpc) is 2.71. The van der Waals surface area contributed by atoms with Crippen LogP contribution in [0.4, 0.5) is 0 Å². The van der Waals surface area contributed by atoms with Crippen LogP contribution in [0.25, 0.3) is 0 Å². The van der Waals surface area contributed by atoms with E-state index < -0.39 is 0 Å². The van der Waals surface area contributed by atoms with Gasteiger partial charge in [0.05, 0.1) is 17.1 Å². The highest BCUT2D eigenvalue weighted by Gasteiger charge is 2.15. The topological polar surface area (TPSA) is 38.0 Å². The van der Waals surface area contributed by atoms with Gasteiger partial charge in [0.1, 0.15) is 0 Å². The molecule has 0 radical (unpaired) electrons. The molecule has 16 heavy (non-hydrogen) atoms. The first-order chi connectivity index (χ1) is 7.71.